The van der Waals surface area contributed by atoms with Crippen LogP contribution in [0.1, 0.15) is 19.4 Å². The van der Waals surface area contributed by atoms with Crippen LogP contribution in [0.25, 0.3) is 11.1 Å². The number of hydrogen-bond acceptors (Lipinski definition) is 4. The van der Waals surface area contributed by atoms with Gasteiger partial charge in [-0.15, -0.1) is 0 Å². The molecule has 5 heteroatoms. The van der Waals surface area contributed by atoms with Crippen LogP contribution < -0.4 is 4.74 Å². The van der Waals surface area contributed by atoms with Crippen molar-refractivity contribution in [2.45, 2.75) is 19.4 Å². The molecule has 2 aromatic rings. The molecule has 0 saturated carbocycles. The zero-order chi connectivity index (χ0) is 16.3. The van der Waals surface area contributed by atoms with E-state index in [4.69, 9.17) is 9.84 Å². The van der Waals surface area contributed by atoms with Crippen molar-refractivity contribution in [3.63, 3.8) is 0 Å². The van der Waals surface area contributed by atoms with Crippen LogP contribution in [0.3, 0.4) is 0 Å². The molecule has 0 aliphatic heterocycles. The Morgan fingerprint density at radius 2 is 1.64 bits per heavy atom. The summed E-state index contributed by atoms with van der Waals surface area (Å²) in [5.41, 5.74) is -0.219. The van der Waals surface area contributed by atoms with Crippen LogP contribution in [0, 0.1) is 0 Å². The second-order valence-electron chi connectivity index (χ2n) is 5.04. The maximum atomic E-state index is 11.1. The van der Waals surface area contributed by atoms with E-state index in [0.29, 0.717) is 11.3 Å². The second kappa shape index (κ2) is 5.99. The smallest absolute Gasteiger partial charge is 0.340 e. The van der Waals surface area contributed by atoms with Gasteiger partial charge < -0.3 is 14.9 Å². The average molecular weight is 300 g/mol. The van der Waals surface area contributed by atoms with Crippen LogP contribution in [-0.2, 0) is 15.2 Å². The first kappa shape index (κ1) is 15.7. The summed E-state index contributed by atoms with van der Waals surface area (Å²) < 4.78 is 5.15. The standard InChI is InChI=1S/C17H16O5/c1-11(18)22-15-6-4-3-5-14(15)12-7-9-13(10-8-12)17(2,21)16(19)20/h3-10,21H,1-2H3,(H,19,20). The van der Waals surface area contributed by atoms with E-state index in [-0.39, 0.29) is 5.56 Å². The fourth-order valence-corrected chi connectivity index (χ4v) is 2.05. The van der Waals surface area contributed by atoms with Gasteiger partial charge in [-0.1, -0.05) is 42.5 Å². The third-order valence-corrected chi connectivity index (χ3v) is 3.32. The van der Waals surface area contributed by atoms with E-state index < -0.39 is 17.5 Å². The van der Waals surface area contributed by atoms with Crippen molar-refractivity contribution in [2.75, 3.05) is 0 Å². The van der Waals surface area contributed by atoms with Crippen molar-refractivity contribution >= 4 is 11.9 Å². The summed E-state index contributed by atoms with van der Waals surface area (Å²) in [5.74, 6) is -1.31. The molecule has 0 fully saturated rings. The number of esters is 1. The minimum absolute atomic E-state index is 0.272. The van der Waals surface area contributed by atoms with Gasteiger partial charge >= 0.3 is 11.9 Å². The number of carbonyl (C=O) groups is 2. The van der Waals surface area contributed by atoms with Gasteiger partial charge in [0.1, 0.15) is 5.75 Å². The summed E-state index contributed by atoms with van der Waals surface area (Å²) in [6, 6.07) is 13.5. The van der Waals surface area contributed by atoms with Gasteiger partial charge in [0, 0.05) is 12.5 Å². The van der Waals surface area contributed by atoms with Gasteiger partial charge in [0.05, 0.1) is 0 Å². The Hall–Kier alpha value is -2.66. The molecule has 0 heterocycles. The van der Waals surface area contributed by atoms with Crippen LogP contribution in [-0.4, -0.2) is 22.2 Å². The molecule has 22 heavy (non-hydrogen) atoms. The molecule has 0 bridgehead atoms. The minimum atomic E-state index is -1.95. The highest BCUT2D eigenvalue weighted by molar-refractivity contribution is 5.80. The molecule has 0 aliphatic rings. The SMILES string of the molecule is CC(=O)Oc1ccccc1-c1ccc(C(C)(O)C(=O)O)cc1. The van der Waals surface area contributed by atoms with Crippen LogP contribution in [0.5, 0.6) is 5.75 Å². The highest BCUT2D eigenvalue weighted by Crippen LogP contribution is 2.31. The van der Waals surface area contributed by atoms with Gasteiger partial charge in [-0.2, -0.15) is 0 Å². The number of carboxylic acid groups (broad SMARTS) is 1. The number of benzene rings is 2. The molecule has 0 saturated heterocycles. The molecule has 114 valence electrons. The zero-order valence-electron chi connectivity index (χ0n) is 12.2. The van der Waals surface area contributed by atoms with E-state index in [2.05, 4.69) is 0 Å². The molecule has 2 aromatic carbocycles. The van der Waals surface area contributed by atoms with Crippen LogP contribution >= 0.6 is 0 Å². The summed E-state index contributed by atoms with van der Waals surface area (Å²) in [5, 5.41) is 18.9. The molecule has 0 aromatic heterocycles. The van der Waals surface area contributed by atoms with Gasteiger partial charge in [0.15, 0.2) is 5.60 Å². The predicted octanol–water partition coefficient (Wildman–Crippen LogP) is 2.57. The van der Waals surface area contributed by atoms with Gasteiger partial charge in [-0.3, -0.25) is 4.79 Å². The Kier molecular flexibility index (Phi) is 4.28. The number of ether oxygens (including phenoxy) is 1. The molecule has 5 nitrogen and oxygen atoms in total. The molecule has 1 unspecified atom stereocenters. The summed E-state index contributed by atoms with van der Waals surface area (Å²) in [6.45, 7) is 2.54. The Balaban J connectivity index is 2.40. The number of carbonyl (C=O) groups excluding carboxylic acids is 1. The predicted molar refractivity (Wildman–Crippen MR) is 80.4 cm³/mol. The lowest BCUT2D eigenvalue weighted by Crippen LogP contribution is -2.31. The number of para-hydroxylation sites is 1. The number of aliphatic hydroxyl groups is 1. The normalized spacial score (nSPS) is 13.2. The largest absolute Gasteiger partial charge is 0.479 e. The molecular weight excluding hydrogens is 284 g/mol. The van der Waals surface area contributed by atoms with Gasteiger partial charge in [-0.05, 0) is 24.1 Å². The van der Waals surface area contributed by atoms with Gasteiger partial charge in [0.25, 0.3) is 0 Å². The first-order valence-corrected chi connectivity index (χ1v) is 6.66. The first-order chi connectivity index (χ1) is 10.3. The molecule has 2 N–H and O–H groups in total. The number of carboxylic acids is 1. The molecule has 0 aliphatic carbocycles. The molecule has 0 radical (unpaired) electrons. The Bertz CT molecular complexity index is 701. The van der Waals surface area contributed by atoms with Crippen molar-refractivity contribution in [2.24, 2.45) is 0 Å². The van der Waals surface area contributed by atoms with E-state index in [1.807, 2.05) is 6.07 Å². The van der Waals surface area contributed by atoms with Crippen molar-refractivity contribution in [3.8, 4) is 16.9 Å². The van der Waals surface area contributed by atoms with E-state index in [9.17, 15) is 14.7 Å². The summed E-state index contributed by atoms with van der Waals surface area (Å²) >= 11 is 0. The van der Waals surface area contributed by atoms with Crippen molar-refractivity contribution in [3.05, 3.63) is 54.1 Å². The van der Waals surface area contributed by atoms with E-state index in [0.717, 1.165) is 5.56 Å². The minimum Gasteiger partial charge on any atom is -0.479 e. The number of hydrogen-bond donors (Lipinski definition) is 2. The maximum Gasteiger partial charge on any atom is 0.340 e. The Morgan fingerprint density at radius 3 is 2.18 bits per heavy atom. The molecule has 1 atom stereocenters. The third kappa shape index (κ3) is 3.15. The van der Waals surface area contributed by atoms with Crippen molar-refractivity contribution < 1.29 is 24.5 Å². The van der Waals surface area contributed by atoms with Crippen molar-refractivity contribution in [1.82, 2.24) is 0 Å². The topological polar surface area (TPSA) is 83.8 Å². The Morgan fingerprint density at radius 1 is 1.05 bits per heavy atom. The quantitative estimate of drug-likeness (QED) is 0.669. The van der Waals surface area contributed by atoms with Crippen LogP contribution in [0.4, 0.5) is 0 Å². The molecule has 0 spiro atoms. The van der Waals surface area contributed by atoms with Gasteiger partial charge in [-0.25, -0.2) is 4.79 Å². The lowest BCUT2D eigenvalue weighted by molar-refractivity contribution is -0.157. The highest BCUT2D eigenvalue weighted by Gasteiger charge is 2.31. The van der Waals surface area contributed by atoms with Crippen LogP contribution in [0.2, 0.25) is 0 Å². The summed E-state index contributed by atoms with van der Waals surface area (Å²) in [6.07, 6.45) is 0. The Labute approximate surface area is 127 Å². The summed E-state index contributed by atoms with van der Waals surface area (Å²) in [7, 11) is 0. The maximum absolute atomic E-state index is 11.1. The van der Waals surface area contributed by atoms with E-state index in [1.54, 1.807) is 30.3 Å². The monoisotopic (exact) mass is 300 g/mol. The second-order valence-corrected chi connectivity index (χ2v) is 5.04. The molecule has 2 rings (SSSR count). The molecular formula is C17H16O5. The average Bonchev–Trinajstić information content (AvgIpc) is 2.47. The highest BCUT2D eigenvalue weighted by atomic mass is 16.5. The fourth-order valence-electron chi connectivity index (χ4n) is 2.05. The van der Waals surface area contributed by atoms with E-state index in [1.165, 1.54) is 26.0 Å². The third-order valence-electron chi connectivity index (χ3n) is 3.32. The van der Waals surface area contributed by atoms with E-state index >= 15 is 0 Å². The first-order valence-electron chi connectivity index (χ1n) is 6.66. The summed E-state index contributed by atoms with van der Waals surface area (Å²) in [4.78, 5) is 22.2. The van der Waals surface area contributed by atoms with Crippen molar-refractivity contribution in [1.29, 1.82) is 0 Å². The lowest BCUT2D eigenvalue weighted by Gasteiger charge is -2.18. The zero-order valence-corrected chi connectivity index (χ0v) is 12.2. The lowest BCUT2D eigenvalue weighted by atomic mass is 9.94. The fraction of sp³-hybridized carbons (Fsp3) is 0.176. The number of aliphatic carboxylic acids is 1. The van der Waals surface area contributed by atoms with Crippen LogP contribution in [0.15, 0.2) is 48.5 Å². The van der Waals surface area contributed by atoms with Gasteiger partial charge in [0.2, 0.25) is 0 Å². The molecule has 0 amide bonds. The number of rotatable bonds is 4.